The number of rotatable bonds is 2. The molecule has 1 fully saturated rings. The van der Waals surface area contributed by atoms with Gasteiger partial charge in [0.1, 0.15) is 17.7 Å². The van der Waals surface area contributed by atoms with Crippen molar-refractivity contribution in [1.82, 2.24) is 0 Å². The molecule has 0 unspecified atom stereocenters. The van der Waals surface area contributed by atoms with Crippen LogP contribution in [0.3, 0.4) is 0 Å². The summed E-state index contributed by atoms with van der Waals surface area (Å²) in [6.07, 6.45) is -0.0694. The van der Waals surface area contributed by atoms with Crippen LogP contribution in [0.4, 0.5) is 14.5 Å². The molecule has 3 nitrogen and oxygen atoms in total. The van der Waals surface area contributed by atoms with E-state index in [1.165, 1.54) is 24.3 Å². The van der Waals surface area contributed by atoms with E-state index in [1.807, 2.05) is 11.0 Å². The van der Waals surface area contributed by atoms with E-state index in [2.05, 4.69) is 0 Å². The molecule has 1 N–H and O–H groups in total. The standard InChI is InChI=1S/C17H14F2N2O/c18-13-3-1-11(2-4-13)17-8-15(22)10-21(17)16-6-5-14(19)7-12(16)9-20/h1-7,15,17,22H,8,10H2/t15-,17+/m1/s1. The zero-order valence-corrected chi connectivity index (χ0v) is 11.7. The monoisotopic (exact) mass is 300 g/mol. The van der Waals surface area contributed by atoms with Crippen LogP contribution in [-0.4, -0.2) is 17.8 Å². The van der Waals surface area contributed by atoms with Gasteiger partial charge in [-0.25, -0.2) is 8.78 Å². The minimum Gasteiger partial charge on any atom is -0.391 e. The van der Waals surface area contributed by atoms with Crippen LogP contribution in [0.5, 0.6) is 0 Å². The Kier molecular flexibility index (Phi) is 3.78. The lowest BCUT2D eigenvalue weighted by molar-refractivity contribution is 0.194. The summed E-state index contributed by atoms with van der Waals surface area (Å²) in [5, 5.41) is 19.2. The second-order valence-electron chi connectivity index (χ2n) is 5.38. The van der Waals surface area contributed by atoms with Crippen molar-refractivity contribution in [2.24, 2.45) is 0 Å². The Morgan fingerprint density at radius 2 is 1.77 bits per heavy atom. The number of hydrogen-bond donors (Lipinski definition) is 1. The van der Waals surface area contributed by atoms with Crippen LogP contribution < -0.4 is 4.90 Å². The van der Waals surface area contributed by atoms with Gasteiger partial charge in [0.15, 0.2) is 0 Å². The number of nitrogens with zero attached hydrogens (tertiary/aromatic N) is 2. The third kappa shape index (κ3) is 2.66. The molecule has 1 aliphatic heterocycles. The second-order valence-corrected chi connectivity index (χ2v) is 5.38. The van der Waals surface area contributed by atoms with Gasteiger partial charge in [-0.2, -0.15) is 5.26 Å². The molecule has 1 aliphatic rings. The van der Waals surface area contributed by atoms with Crippen molar-refractivity contribution < 1.29 is 13.9 Å². The van der Waals surface area contributed by atoms with Crippen LogP contribution in [0.25, 0.3) is 0 Å². The zero-order valence-electron chi connectivity index (χ0n) is 11.7. The number of aliphatic hydroxyl groups excluding tert-OH is 1. The number of β-amino-alcohol motifs (C(OH)–C–C–N with tert-alkyl or cyclic N) is 1. The molecule has 3 rings (SSSR count). The highest BCUT2D eigenvalue weighted by atomic mass is 19.1. The van der Waals surface area contributed by atoms with Gasteiger partial charge in [-0.15, -0.1) is 0 Å². The molecule has 2 aromatic rings. The number of hydrogen-bond acceptors (Lipinski definition) is 3. The molecule has 0 saturated carbocycles. The largest absolute Gasteiger partial charge is 0.391 e. The van der Waals surface area contributed by atoms with Gasteiger partial charge < -0.3 is 10.0 Å². The average Bonchev–Trinajstić information content (AvgIpc) is 2.89. The summed E-state index contributed by atoms with van der Waals surface area (Å²) in [6, 6.07) is 11.9. The molecule has 2 aromatic carbocycles. The van der Waals surface area contributed by atoms with E-state index in [4.69, 9.17) is 0 Å². The third-order valence-electron chi connectivity index (χ3n) is 3.92. The van der Waals surface area contributed by atoms with Gasteiger partial charge >= 0.3 is 0 Å². The molecule has 5 heteroatoms. The SMILES string of the molecule is N#Cc1cc(F)ccc1N1C[C@H](O)C[C@H]1c1ccc(F)cc1. The first-order valence-corrected chi connectivity index (χ1v) is 6.98. The summed E-state index contributed by atoms with van der Waals surface area (Å²) < 4.78 is 26.4. The number of anilines is 1. The Morgan fingerprint density at radius 3 is 2.45 bits per heavy atom. The van der Waals surface area contributed by atoms with Crippen LogP contribution in [0.15, 0.2) is 42.5 Å². The highest BCUT2D eigenvalue weighted by Gasteiger charge is 2.33. The Labute approximate surface area is 127 Å². The third-order valence-corrected chi connectivity index (χ3v) is 3.92. The van der Waals surface area contributed by atoms with Crippen molar-refractivity contribution in [3.05, 3.63) is 65.2 Å². The van der Waals surface area contributed by atoms with Crippen LogP contribution in [0.2, 0.25) is 0 Å². The molecule has 0 amide bonds. The van der Waals surface area contributed by atoms with Gasteiger partial charge in [0.05, 0.1) is 23.4 Å². The molecule has 1 saturated heterocycles. The Bertz CT molecular complexity index is 724. The predicted octanol–water partition coefficient (Wildman–Crippen LogP) is 3.15. The first kappa shape index (κ1) is 14.5. The lowest BCUT2D eigenvalue weighted by Gasteiger charge is -2.27. The summed E-state index contributed by atoms with van der Waals surface area (Å²) in [5.74, 6) is -0.799. The zero-order chi connectivity index (χ0) is 15.7. The van der Waals surface area contributed by atoms with Gasteiger partial charge in [0, 0.05) is 6.54 Å². The normalized spacial score (nSPS) is 20.9. The molecule has 22 heavy (non-hydrogen) atoms. The highest BCUT2D eigenvalue weighted by molar-refractivity contribution is 5.61. The molecule has 1 heterocycles. The van der Waals surface area contributed by atoms with Crippen LogP contribution in [-0.2, 0) is 0 Å². The van der Waals surface area contributed by atoms with Crippen molar-refractivity contribution in [2.45, 2.75) is 18.6 Å². The maximum absolute atomic E-state index is 13.3. The number of halogens is 2. The molecule has 0 aliphatic carbocycles. The fraction of sp³-hybridized carbons (Fsp3) is 0.235. The van der Waals surface area contributed by atoms with E-state index in [0.717, 1.165) is 5.56 Å². The minimum atomic E-state index is -0.549. The summed E-state index contributed by atoms with van der Waals surface area (Å²) in [4.78, 5) is 1.87. The van der Waals surface area contributed by atoms with Gasteiger partial charge in [0.2, 0.25) is 0 Å². The smallest absolute Gasteiger partial charge is 0.124 e. The van der Waals surface area contributed by atoms with E-state index in [1.54, 1.807) is 18.2 Å². The van der Waals surface area contributed by atoms with Gasteiger partial charge in [-0.3, -0.25) is 0 Å². The Hall–Kier alpha value is -2.45. The maximum atomic E-state index is 13.3. The summed E-state index contributed by atoms with van der Waals surface area (Å²) in [7, 11) is 0. The highest BCUT2D eigenvalue weighted by Crippen LogP contribution is 2.37. The van der Waals surface area contributed by atoms with Crippen molar-refractivity contribution in [2.75, 3.05) is 11.4 Å². The molecule has 0 radical (unpaired) electrons. The van der Waals surface area contributed by atoms with E-state index in [0.29, 0.717) is 18.7 Å². The number of aliphatic hydroxyl groups is 1. The maximum Gasteiger partial charge on any atom is 0.124 e. The molecule has 2 atom stereocenters. The first-order valence-electron chi connectivity index (χ1n) is 6.98. The molecule has 0 aromatic heterocycles. The van der Waals surface area contributed by atoms with E-state index < -0.39 is 11.9 Å². The van der Waals surface area contributed by atoms with Crippen LogP contribution in [0, 0.1) is 23.0 Å². The molecular formula is C17H14F2N2O. The van der Waals surface area contributed by atoms with Crippen molar-refractivity contribution in [3.63, 3.8) is 0 Å². The number of benzene rings is 2. The first-order chi connectivity index (χ1) is 10.6. The molecule has 112 valence electrons. The summed E-state index contributed by atoms with van der Waals surface area (Å²) in [5.41, 5.74) is 1.65. The molecule has 0 spiro atoms. The van der Waals surface area contributed by atoms with E-state index in [-0.39, 0.29) is 17.4 Å². The lowest BCUT2D eigenvalue weighted by Crippen LogP contribution is -2.25. The van der Waals surface area contributed by atoms with Gasteiger partial charge in [0.25, 0.3) is 0 Å². The van der Waals surface area contributed by atoms with Crippen molar-refractivity contribution >= 4 is 5.69 Å². The topological polar surface area (TPSA) is 47.3 Å². The van der Waals surface area contributed by atoms with E-state index in [9.17, 15) is 19.1 Å². The quantitative estimate of drug-likeness (QED) is 0.927. The van der Waals surface area contributed by atoms with Crippen LogP contribution in [0.1, 0.15) is 23.6 Å². The van der Waals surface area contributed by atoms with Crippen molar-refractivity contribution in [3.8, 4) is 6.07 Å². The van der Waals surface area contributed by atoms with Gasteiger partial charge in [-0.1, -0.05) is 12.1 Å². The summed E-state index contributed by atoms with van der Waals surface area (Å²) in [6.45, 7) is 0.350. The Balaban J connectivity index is 2.01. The second kappa shape index (κ2) is 5.74. The summed E-state index contributed by atoms with van der Waals surface area (Å²) >= 11 is 0. The fourth-order valence-electron chi connectivity index (χ4n) is 2.93. The van der Waals surface area contributed by atoms with Crippen molar-refractivity contribution in [1.29, 1.82) is 5.26 Å². The fourth-order valence-corrected chi connectivity index (χ4v) is 2.93. The number of nitriles is 1. The lowest BCUT2D eigenvalue weighted by atomic mass is 10.0. The molecular weight excluding hydrogens is 286 g/mol. The van der Waals surface area contributed by atoms with Gasteiger partial charge in [-0.05, 0) is 42.3 Å². The minimum absolute atomic E-state index is 0.173. The average molecular weight is 300 g/mol. The molecule has 0 bridgehead atoms. The van der Waals surface area contributed by atoms with Crippen LogP contribution >= 0.6 is 0 Å². The Morgan fingerprint density at radius 1 is 1.09 bits per heavy atom. The predicted molar refractivity (Wildman–Crippen MR) is 78.2 cm³/mol. The van der Waals surface area contributed by atoms with E-state index >= 15 is 0 Å².